The number of carbonyl (C=O) groups is 1. The van der Waals surface area contributed by atoms with E-state index in [0.29, 0.717) is 24.9 Å². The van der Waals surface area contributed by atoms with Crippen LogP contribution in [0.4, 0.5) is 5.69 Å². The molecule has 0 saturated carbocycles. The lowest BCUT2D eigenvalue weighted by molar-refractivity contribution is -0.141. The summed E-state index contributed by atoms with van der Waals surface area (Å²) in [6.45, 7) is 3.60. The number of anilines is 1. The predicted molar refractivity (Wildman–Crippen MR) is 65.1 cm³/mol. The molecule has 86 valence electrons. The highest BCUT2D eigenvalue weighted by Crippen LogP contribution is 2.19. The van der Waals surface area contributed by atoms with E-state index in [0.717, 1.165) is 5.56 Å². The van der Waals surface area contributed by atoms with Crippen LogP contribution in [0.15, 0.2) is 36.9 Å². The number of allylic oxidation sites excluding steroid dienone is 1. The fourth-order valence-electron chi connectivity index (χ4n) is 1.62. The summed E-state index contributed by atoms with van der Waals surface area (Å²) in [7, 11) is 0. The molecule has 1 atom stereocenters. The van der Waals surface area contributed by atoms with Crippen molar-refractivity contribution in [2.75, 3.05) is 5.73 Å². The Hall–Kier alpha value is -1.77. The summed E-state index contributed by atoms with van der Waals surface area (Å²) in [6.07, 6.45) is 3.54. The lowest BCUT2D eigenvalue weighted by Gasteiger charge is -2.12. The van der Waals surface area contributed by atoms with Crippen molar-refractivity contribution in [3.05, 3.63) is 42.5 Å². The zero-order chi connectivity index (χ0) is 12.0. The molecule has 0 amide bonds. The number of carboxylic acid groups (broad SMARTS) is 1. The summed E-state index contributed by atoms with van der Waals surface area (Å²) in [5.74, 6) is -1.16. The van der Waals surface area contributed by atoms with E-state index in [9.17, 15) is 4.79 Å². The van der Waals surface area contributed by atoms with Crippen LogP contribution in [0.5, 0.6) is 0 Å². The third kappa shape index (κ3) is 3.42. The van der Waals surface area contributed by atoms with Gasteiger partial charge in [-0.3, -0.25) is 4.79 Å². The molecule has 0 heterocycles. The van der Waals surface area contributed by atoms with Crippen molar-refractivity contribution in [1.82, 2.24) is 0 Å². The molecule has 0 saturated heterocycles. The molecular weight excluding hydrogens is 202 g/mol. The highest BCUT2D eigenvalue weighted by atomic mass is 16.4. The maximum Gasteiger partial charge on any atom is 0.306 e. The van der Waals surface area contributed by atoms with Crippen LogP contribution in [0.1, 0.15) is 18.4 Å². The molecule has 1 aromatic rings. The summed E-state index contributed by atoms with van der Waals surface area (Å²) >= 11 is 0. The number of benzene rings is 1. The van der Waals surface area contributed by atoms with E-state index in [2.05, 4.69) is 6.58 Å². The number of hydrogen-bond donors (Lipinski definition) is 2. The number of hydrogen-bond acceptors (Lipinski definition) is 2. The minimum Gasteiger partial charge on any atom is -0.481 e. The van der Waals surface area contributed by atoms with E-state index >= 15 is 0 Å². The molecule has 3 nitrogen and oxygen atoms in total. The van der Waals surface area contributed by atoms with Gasteiger partial charge < -0.3 is 10.8 Å². The van der Waals surface area contributed by atoms with E-state index in [1.807, 2.05) is 18.2 Å². The Morgan fingerprint density at radius 1 is 1.50 bits per heavy atom. The van der Waals surface area contributed by atoms with Crippen LogP contribution in [-0.4, -0.2) is 11.1 Å². The molecule has 0 unspecified atom stereocenters. The van der Waals surface area contributed by atoms with Crippen molar-refractivity contribution < 1.29 is 9.90 Å². The first-order chi connectivity index (χ1) is 7.65. The summed E-state index contributed by atoms with van der Waals surface area (Å²) in [5, 5.41) is 9.08. The van der Waals surface area contributed by atoms with Gasteiger partial charge in [-0.2, -0.15) is 0 Å². The molecule has 3 heteroatoms. The van der Waals surface area contributed by atoms with Gasteiger partial charge in [-0.05, 0) is 30.9 Å². The Labute approximate surface area is 95.6 Å². The fraction of sp³-hybridized carbons (Fsp3) is 0.308. The van der Waals surface area contributed by atoms with Gasteiger partial charge in [0.15, 0.2) is 0 Å². The third-order valence-electron chi connectivity index (χ3n) is 2.59. The normalized spacial score (nSPS) is 12.0. The van der Waals surface area contributed by atoms with Crippen LogP contribution in [0.2, 0.25) is 0 Å². The van der Waals surface area contributed by atoms with Crippen molar-refractivity contribution in [1.29, 1.82) is 0 Å². The lowest BCUT2D eigenvalue weighted by Crippen LogP contribution is -2.17. The molecule has 1 aromatic carbocycles. The summed E-state index contributed by atoms with van der Waals surface area (Å²) < 4.78 is 0. The molecule has 0 aromatic heterocycles. The van der Waals surface area contributed by atoms with Gasteiger partial charge in [0, 0.05) is 5.69 Å². The molecule has 3 N–H and O–H groups in total. The molecule has 0 radical (unpaired) electrons. The molecule has 1 rings (SSSR count). The number of carboxylic acids is 1. The number of para-hydroxylation sites is 1. The van der Waals surface area contributed by atoms with Crippen LogP contribution in [0, 0.1) is 5.92 Å². The second-order valence-electron chi connectivity index (χ2n) is 3.80. The molecule has 16 heavy (non-hydrogen) atoms. The number of nitrogens with two attached hydrogens (primary N) is 1. The molecule has 0 aliphatic rings. The number of aliphatic carboxylic acids is 1. The second kappa shape index (κ2) is 5.95. The monoisotopic (exact) mass is 219 g/mol. The first-order valence-electron chi connectivity index (χ1n) is 5.32. The van der Waals surface area contributed by atoms with Gasteiger partial charge in [-0.15, -0.1) is 6.58 Å². The average molecular weight is 219 g/mol. The van der Waals surface area contributed by atoms with Gasteiger partial charge in [-0.25, -0.2) is 0 Å². The highest BCUT2D eigenvalue weighted by molar-refractivity contribution is 5.70. The smallest absolute Gasteiger partial charge is 0.306 e. The zero-order valence-corrected chi connectivity index (χ0v) is 9.23. The standard InChI is InChI=1S/C13H17NO2/c1-2-3-6-11(13(15)16)9-10-7-4-5-8-12(10)14/h2,4-5,7-8,11H,1,3,6,9,14H2,(H,15,16)/t11-/m0/s1. The number of rotatable bonds is 6. The number of nitrogen functional groups attached to an aromatic ring is 1. The van der Waals surface area contributed by atoms with Crippen molar-refractivity contribution in [2.45, 2.75) is 19.3 Å². The van der Waals surface area contributed by atoms with Crippen molar-refractivity contribution in [3.8, 4) is 0 Å². The summed E-state index contributed by atoms with van der Waals surface area (Å²) in [5.41, 5.74) is 7.35. The molecule has 0 fully saturated rings. The first kappa shape index (κ1) is 12.3. The van der Waals surface area contributed by atoms with Gasteiger partial charge in [0.25, 0.3) is 0 Å². The van der Waals surface area contributed by atoms with Crippen LogP contribution in [0.25, 0.3) is 0 Å². The molecule has 0 aliphatic heterocycles. The SMILES string of the molecule is C=CCC[C@@H](Cc1ccccc1N)C(=O)O. The summed E-state index contributed by atoms with van der Waals surface area (Å²) in [4.78, 5) is 11.0. The summed E-state index contributed by atoms with van der Waals surface area (Å²) in [6, 6.07) is 7.39. The quantitative estimate of drug-likeness (QED) is 0.570. The topological polar surface area (TPSA) is 63.3 Å². The minimum atomic E-state index is -0.773. The fourth-order valence-corrected chi connectivity index (χ4v) is 1.62. The van der Waals surface area contributed by atoms with Crippen LogP contribution < -0.4 is 5.73 Å². The van der Waals surface area contributed by atoms with Crippen LogP contribution >= 0.6 is 0 Å². The molecular formula is C13H17NO2. The van der Waals surface area contributed by atoms with E-state index in [4.69, 9.17) is 10.8 Å². The molecule has 0 spiro atoms. The van der Waals surface area contributed by atoms with Gasteiger partial charge in [0.05, 0.1) is 5.92 Å². The van der Waals surface area contributed by atoms with Gasteiger partial charge in [0.1, 0.15) is 0 Å². The lowest BCUT2D eigenvalue weighted by atomic mass is 9.94. The zero-order valence-electron chi connectivity index (χ0n) is 9.23. The average Bonchev–Trinajstić information content (AvgIpc) is 2.26. The van der Waals surface area contributed by atoms with Crippen molar-refractivity contribution in [3.63, 3.8) is 0 Å². The van der Waals surface area contributed by atoms with Crippen molar-refractivity contribution >= 4 is 11.7 Å². The maximum absolute atomic E-state index is 11.0. The Morgan fingerprint density at radius 3 is 2.75 bits per heavy atom. The van der Waals surface area contributed by atoms with E-state index < -0.39 is 5.97 Å². The van der Waals surface area contributed by atoms with E-state index in [1.54, 1.807) is 12.1 Å². The molecule has 0 aliphatic carbocycles. The maximum atomic E-state index is 11.0. The van der Waals surface area contributed by atoms with Crippen LogP contribution in [0.3, 0.4) is 0 Å². The van der Waals surface area contributed by atoms with E-state index in [-0.39, 0.29) is 5.92 Å². The highest BCUT2D eigenvalue weighted by Gasteiger charge is 2.17. The molecule has 0 bridgehead atoms. The van der Waals surface area contributed by atoms with Gasteiger partial charge in [-0.1, -0.05) is 24.3 Å². The van der Waals surface area contributed by atoms with Gasteiger partial charge in [0.2, 0.25) is 0 Å². The van der Waals surface area contributed by atoms with Gasteiger partial charge >= 0.3 is 5.97 Å². The van der Waals surface area contributed by atoms with Crippen LogP contribution in [-0.2, 0) is 11.2 Å². The van der Waals surface area contributed by atoms with E-state index in [1.165, 1.54) is 0 Å². The largest absolute Gasteiger partial charge is 0.481 e. The Kier molecular flexibility index (Phi) is 4.58. The second-order valence-corrected chi connectivity index (χ2v) is 3.80. The first-order valence-corrected chi connectivity index (χ1v) is 5.32. The Morgan fingerprint density at radius 2 is 2.19 bits per heavy atom. The minimum absolute atomic E-state index is 0.386. The van der Waals surface area contributed by atoms with Crippen molar-refractivity contribution in [2.24, 2.45) is 5.92 Å². The predicted octanol–water partition coefficient (Wildman–Crippen LogP) is 2.48. The Balaban J connectivity index is 2.71. The third-order valence-corrected chi connectivity index (χ3v) is 2.59. The Bertz CT molecular complexity index is 374.